The standard InChI is InChI=1S/C9H14N2O/c1-7(2)11-5-4-9(10-11)6-8(3)12/h4-5,7H,6H2,1-3H3. The van der Waals surface area contributed by atoms with Crippen LogP contribution in [0.15, 0.2) is 12.3 Å². The van der Waals surface area contributed by atoms with Crippen molar-refractivity contribution in [1.29, 1.82) is 0 Å². The van der Waals surface area contributed by atoms with Crippen LogP contribution >= 0.6 is 0 Å². The second-order valence-electron chi connectivity index (χ2n) is 3.26. The number of Topliss-reactive ketones (excluding diaryl/α,β-unsaturated/α-hetero) is 1. The van der Waals surface area contributed by atoms with Crippen LogP contribution in [0.25, 0.3) is 0 Å². The largest absolute Gasteiger partial charge is 0.300 e. The van der Waals surface area contributed by atoms with Gasteiger partial charge >= 0.3 is 0 Å². The Morgan fingerprint density at radius 1 is 1.67 bits per heavy atom. The summed E-state index contributed by atoms with van der Waals surface area (Å²) in [5.41, 5.74) is 0.858. The van der Waals surface area contributed by atoms with Crippen LogP contribution in [0.4, 0.5) is 0 Å². The van der Waals surface area contributed by atoms with Crippen molar-refractivity contribution >= 4 is 5.78 Å². The first-order chi connectivity index (χ1) is 5.59. The topological polar surface area (TPSA) is 34.9 Å². The van der Waals surface area contributed by atoms with Gasteiger partial charge in [0.2, 0.25) is 0 Å². The minimum atomic E-state index is 0.156. The van der Waals surface area contributed by atoms with E-state index in [2.05, 4.69) is 18.9 Å². The lowest BCUT2D eigenvalue weighted by atomic mass is 10.2. The zero-order valence-electron chi connectivity index (χ0n) is 7.74. The lowest BCUT2D eigenvalue weighted by Crippen LogP contribution is -2.03. The Morgan fingerprint density at radius 2 is 2.33 bits per heavy atom. The number of nitrogens with zero attached hydrogens (tertiary/aromatic N) is 2. The van der Waals surface area contributed by atoms with Crippen molar-refractivity contribution < 1.29 is 4.79 Å². The number of rotatable bonds is 3. The fourth-order valence-corrected chi connectivity index (χ4v) is 1.01. The van der Waals surface area contributed by atoms with Crippen LogP contribution in [0.1, 0.15) is 32.5 Å². The quantitative estimate of drug-likeness (QED) is 0.683. The van der Waals surface area contributed by atoms with Gasteiger partial charge in [0.25, 0.3) is 0 Å². The first kappa shape index (κ1) is 8.97. The molecule has 0 aliphatic carbocycles. The summed E-state index contributed by atoms with van der Waals surface area (Å²) >= 11 is 0. The summed E-state index contributed by atoms with van der Waals surface area (Å²) in [7, 11) is 0. The van der Waals surface area contributed by atoms with E-state index >= 15 is 0 Å². The first-order valence-electron chi connectivity index (χ1n) is 4.13. The van der Waals surface area contributed by atoms with Crippen molar-refractivity contribution in [3.8, 4) is 0 Å². The Morgan fingerprint density at radius 3 is 2.75 bits per heavy atom. The minimum absolute atomic E-state index is 0.156. The van der Waals surface area contributed by atoms with Gasteiger partial charge in [-0.05, 0) is 26.8 Å². The average Bonchev–Trinajstić information content (AvgIpc) is 2.34. The third kappa shape index (κ3) is 2.19. The average molecular weight is 166 g/mol. The molecule has 0 atom stereocenters. The van der Waals surface area contributed by atoms with Crippen LogP contribution < -0.4 is 0 Å². The van der Waals surface area contributed by atoms with Crippen molar-refractivity contribution in [2.24, 2.45) is 0 Å². The van der Waals surface area contributed by atoms with Crippen LogP contribution in [0.3, 0.4) is 0 Å². The van der Waals surface area contributed by atoms with Crippen LogP contribution in [0, 0.1) is 0 Å². The summed E-state index contributed by atoms with van der Waals surface area (Å²) in [4.78, 5) is 10.7. The third-order valence-corrected chi connectivity index (χ3v) is 1.62. The molecule has 0 amide bonds. The van der Waals surface area contributed by atoms with E-state index in [-0.39, 0.29) is 5.78 Å². The number of carbonyl (C=O) groups is 1. The molecule has 0 aromatic carbocycles. The zero-order chi connectivity index (χ0) is 9.14. The number of carbonyl (C=O) groups excluding carboxylic acids is 1. The molecular formula is C9H14N2O. The monoisotopic (exact) mass is 166 g/mol. The SMILES string of the molecule is CC(=O)Cc1ccn(C(C)C)n1. The minimum Gasteiger partial charge on any atom is -0.300 e. The molecule has 0 saturated carbocycles. The van der Waals surface area contributed by atoms with E-state index in [0.717, 1.165) is 5.69 Å². The van der Waals surface area contributed by atoms with E-state index in [0.29, 0.717) is 12.5 Å². The Balaban J connectivity index is 2.70. The predicted molar refractivity (Wildman–Crippen MR) is 47.0 cm³/mol. The number of hydrogen-bond donors (Lipinski definition) is 0. The molecule has 0 bridgehead atoms. The fourth-order valence-electron chi connectivity index (χ4n) is 1.01. The molecular weight excluding hydrogens is 152 g/mol. The Bertz CT molecular complexity index is 276. The lowest BCUT2D eigenvalue weighted by Gasteiger charge is -2.03. The number of aromatic nitrogens is 2. The summed E-state index contributed by atoms with van der Waals surface area (Å²) in [6.07, 6.45) is 2.35. The van der Waals surface area contributed by atoms with Crippen molar-refractivity contribution in [3.05, 3.63) is 18.0 Å². The highest BCUT2D eigenvalue weighted by atomic mass is 16.1. The van der Waals surface area contributed by atoms with Gasteiger partial charge in [0.05, 0.1) is 12.1 Å². The maximum absolute atomic E-state index is 10.7. The van der Waals surface area contributed by atoms with Gasteiger partial charge in [-0.15, -0.1) is 0 Å². The van der Waals surface area contributed by atoms with Crippen molar-refractivity contribution in [1.82, 2.24) is 9.78 Å². The zero-order valence-corrected chi connectivity index (χ0v) is 7.74. The maximum Gasteiger partial charge on any atom is 0.135 e. The van der Waals surface area contributed by atoms with Gasteiger partial charge in [-0.3, -0.25) is 9.48 Å². The van der Waals surface area contributed by atoms with Gasteiger partial charge in [0.15, 0.2) is 0 Å². The summed E-state index contributed by atoms with van der Waals surface area (Å²) in [5, 5.41) is 4.25. The molecule has 0 fully saturated rings. The smallest absolute Gasteiger partial charge is 0.135 e. The van der Waals surface area contributed by atoms with E-state index in [1.807, 2.05) is 16.9 Å². The van der Waals surface area contributed by atoms with E-state index in [9.17, 15) is 4.79 Å². The van der Waals surface area contributed by atoms with Gasteiger partial charge in [0, 0.05) is 12.2 Å². The lowest BCUT2D eigenvalue weighted by molar-refractivity contribution is -0.116. The van der Waals surface area contributed by atoms with E-state index < -0.39 is 0 Å². The van der Waals surface area contributed by atoms with E-state index in [1.54, 1.807) is 6.92 Å². The summed E-state index contributed by atoms with van der Waals surface area (Å²) in [6.45, 7) is 5.70. The molecule has 0 spiro atoms. The Kier molecular flexibility index (Phi) is 2.63. The molecule has 1 rings (SSSR count). The fraction of sp³-hybridized carbons (Fsp3) is 0.556. The number of ketones is 1. The van der Waals surface area contributed by atoms with Gasteiger partial charge in [-0.2, -0.15) is 5.10 Å². The molecule has 0 unspecified atom stereocenters. The highest BCUT2D eigenvalue weighted by molar-refractivity contribution is 5.77. The van der Waals surface area contributed by atoms with Crippen LogP contribution in [0.5, 0.6) is 0 Å². The normalized spacial score (nSPS) is 10.7. The van der Waals surface area contributed by atoms with Crippen LogP contribution in [-0.4, -0.2) is 15.6 Å². The molecule has 66 valence electrons. The predicted octanol–water partition coefficient (Wildman–Crippen LogP) is 1.60. The third-order valence-electron chi connectivity index (χ3n) is 1.62. The molecule has 12 heavy (non-hydrogen) atoms. The summed E-state index contributed by atoms with van der Waals surface area (Å²) < 4.78 is 1.86. The highest BCUT2D eigenvalue weighted by Gasteiger charge is 2.03. The Labute approximate surface area is 72.4 Å². The van der Waals surface area contributed by atoms with Crippen LogP contribution in [-0.2, 0) is 11.2 Å². The summed E-state index contributed by atoms with van der Waals surface area (Å²) in [6, 6.07) is 2.26. The van der Waals surface area contributed by atoms with Gasteiger partial charge in [-0.1, -0.05) is 0 Å². The highest BCUT2D eigenvalue weighted by Crippen LogP contribution is 2.04. The van der Waals surface area contributed by atoms with Crippen molar-refractivity contribution in [2.45, 2.75) is 33.2 Å². The second-order valence-corrected chi connectivity index (χ2v) is 3.26. The van der Waals surface area contributed by atoms with Gasteiger partial charge in [-0.25, -0.2) is 0 Å². The van der Waals surface area contributed by atoms with E-state index in [1.165, 1.54) is 0 Å². The van der Waals surface area contributed by atoms with Crippen LogP contribution in [0.2, 0.25) is 0 Å². The molecule has 1 aromatic heterocycles. The molecule has 0 saturated heterocycles. The molecule has 0 aliphatic rings. The first-order valence-corrected chi connectivity index (χ1v) is 4.13. The van der Waals surface area contributed by atoms with Crippen molar-refractivity contribution in [3.63, 3.8) is 0 Å². The molecule has 0 aliphatic heterocycles. The number of hydrogen-bond acceptors (Lipinski definition) is 2. The van der Waals surface area contributed by atoms with E-state index in [4.69, 9.17) is 0 Å². The molecule has 0 N–H and O–H groups in total. The Hall–Kier alpha value is -1.12. The molecule has 0 radical (unpaired) electrons. The molecule has 3 nitrogen and oxygen atoms in total. The maximum atomic E-state index is 10.7. The summed E-state index contributed by atoms with van der Waals surface area (Å²) in [5.74, 6) is 0.156. The second kappa shape index (κ2) is 3.52. The van der Waals surface area contributed by atoms with Crippen molar-refractivity contribution in [2.75, 3.05) is 0 Å². The molecule has 1 heterocycles. The molecule has 1 aromatic rings. The van der Waals surface area contributed by atoms with Gasteiger partial charge < -0.3 is 0 Å². The van der Waals surface area contributed by atoms with Gasteiger partial charge in [0.1, 0.15) is 5.78 Å². The molecule has 3 heteroatoms.